The summed E-state index contributed by atoms with van der Waals surface area (Å²) < 4.78 is 32.5. The smallest absolute Gasteiger partial charge is 0.326 e. The van der Waals surface area contributed by atoms with Crippen molar-refractivity contribution in [3.8, 4) is 0 Å². The zero-order chi connectivity index (χ0) is 41.8. The SMILES string of the molecule is NCCNC(=O)CCOCCOCCOCCOCCOCCOCCNC(=O)CC[C@H](NC(=O)c1ccc(NCc2cnc3nc(N)[nH]c(=O)c3n2)cc1)C(=O)O. The lowest BCUT2D eigenvalue weighted by Crippen LogP contribution is -2.41. The second kappa shape index (κ2) is 28.1. The maximum absolute atomic E-state index is 12.8. The van der Waals surface area contributed by atoms with Crippen molar-refractivity contribution in [2.45, 2.75) is 31.8 Å². The minimum Gasteiger partial charge on any atom is -0.480 e. The van der Waals surface area contributed by atoms with Crippen LogP contribution in [0.25, 0.3) is 11.2 Å². The van der Waals surface area contributed by atoms with E-state index in [1.807, 2.05) is 0 Å². The lowest BCUT2D eigenvalue weighted by Gasteiger charge is -2.15. The van der Waals surface area contributed by atoms with Crippen molar-refractivity contribution in [2.24, 2.45) is 5.73 Å². The summed E-state index contributed by atoms with van der Waals surface area (Å²) in [5.41, 5.74) is 11.8. The van der Waals surface area contributed by atoms with Gasteiger partial charge in [-0.25, -0.2) is 14.8 Å². The van der Waals surface area contributed by atoms with E-state index in [1.165, 1.54) is 18.3 Å². The fraction of sp³-hybridized carbons (Fsp3) is 0.556. The van der Waals surface area contributed by atoms with Gasteiger partial charge in [0, 0.05) is 43.7 Å². The normalized spacial score (nSPS) is 11.6. The molecule has 10 N–H and O–H groups in total. The van der Waals surface area contributed by atoms with Crippen molar-refractivity contribution in [1.82, 2.24) is 35.9 Å². The number of nitrogen functional groups attached to an aromatic ring is 1. The van der Waals surface area contributed by atoms with E-state index >= 15 is 0 Å². The van der Waals surface area contributed by atoms with Crippen LogP contribution < -0.4 is 38.3 Å². The average Bonchev–Trinajstić information content (AvgIpc) is 3.21. The number of H-pyrrole nitrogens is 1. The van der Waals surface area contributed by atoms with Crippen LogP contribution in [0.5, 0.6) is 0 Å². The summed E-state index contributed by atoms with van der Waals surface area (Å²) in [6.07, 6.45) is 1.51. The van der Waals surface area contributed by atoms with Crippen LogP contribution in [0.1, 0.15) is 35.3 Å². The first-order valence-electron chi connectivity index (χ1n) is 18.7. The number of carboxylic acid groups (broad SMARTS) is 1. The van der Waals surface area contributed by atoms with Crippen LogP contribution in [-0.2, 0) is 49.3 Å². The van der Waals surface area contributed by atoms with Crippen molar-refractivity contribution in [2.75, 3.05) is 110 Å². The zero-order valence-electron chi connectivity index (χ0n) is 32.3. The highest BCUT2D eigenvalue weighted by Gasteiger charge is 2.22. The van der Waals surface area contributed by atoms with Crippen LogP contribution in [0.3, 0.4) is 0 Å². The number of amides is 3. The van der Waals surface area contributed by atoms with Gasteiger partial charge in [-0.05, 0) is 30.7 Å². The molecule has 0 radical (unpaired) electrons. The maximum Gasteiger partial charge on any atom is 0.326 e. The van der Waals surface area contributed by atoms with Crippen LogP contribution in [0, 0.1) is 0 Å². The average molecular weight is 819 g/mol. The van der Waals surface area contributed by atoms with Crippen LogP contribution in [0.15, 0.2) is 35.3 Å². The number of nitrogens with one attached hydrogen (secondary N) is 5. The number of aliphatic carboxylic acids is 1. The van der Waals surface area contributed by atoms with Gasteiger partial charge in [0.1, 0.15) is 6.04 Å². The van der Waals surface area contributed by atoms with Gasteiger partial charge in [-0.15, -0.1) is 0 Å². The van der Waals surface area contributed by atoms with E-state index in [1.54, 1.807) is 12.1 Å². The summed E-state index contributed by atoms with van der Waals surface area (Å²) >= 11 is 0. The maximum atomic E-state index is 12.8. The summed E-state index contributed by atoms with van der Waals surface area (Å²) in [7, 11) is 0. The van der Waals surface area contributed by atoms with E-state index in [0.717, 1.165) is 0 Å². The quantitative estimate of drug-likeness (QED) is 0.0334. The molecule has 22 nitrogen and oxygen atoms in total. The molecule has 3 aromatic rings. The van der Waals surface area contributed by atoms with Gasteiger partial charge in [-0.3, -0.25) is 24.2 Å². The van der Waals surface area contributed by atoms with Crippen molar-refractivity contribution in [3.63, 3.8) is 0 Å². The summed E-state index contributed by atoms with van der Waals surface area (Å²) in [4.78, 5) is 75.0. The monoisotopic (exact) mass is 818 g/mol. The van der Waals surface area contributed by atoms with Crippen molar-refractivity contribution < 1.29 is 52.7 Å². The highest BCUT2D eigenvalue weighted by Crippen LogP contribution is 2.12. The van der Waals surface area contributed by atoms with Crippen molar-refractivity contribution >= 4 is 46.5 Å². The number of ether oxygens (including phenoxy) is 6. The number of fused-ring (bicyclic) bond motifs is 1. The minimum atomic E-state index is -1.28. The van der Waals surface area contributed by atoms with Gasteiger partial charge >= 0.3 is 5.97 Å². The number of nitrogens with zero attached hydrogens (tertiary/aromatic N) is 3. The zero-order valence-corrected chi connectivity index (χ0v) is 32.3. The summed E-state index contributed by atoms with van der Waals surface area (Å²) in [5.74, 6) is -2.41. The molecule has 3 rings (SSSR count). The Kier molecular flexibility index (Phi) is 22.8. The number of carbonyl (C=O) groups is 4. The fourth-order valence-electron chi connectivity index (χ4n) is 4.78. The predicted octanol–water partition coefficient (Wildman–Crippen LogP) is -1.45. The molecule has 22 heteroatoms. The molecule has 0 fully saturated rings. The van der Waals surface area contributed by atoms with E-state index in [9.17, 15) is 29.1 Å². The third kappa shape index (κ3) is 19.7. The minimum absolute atomic E-state index is 0.0514. The second-order valence-electron chi connectivity index (χ2n) is 12.2. The summed E-state index contributed by atoms with van der Waals surface area (Å²) in [6.45, 7) is 5.77. The standard InChI is InChI=1S/C36H54N10O12/c37-8-9-39-30(48)7-11-53-13-15-55-17-19-57-21-22-58-20-18-56-16-14-54-12-10-40-29(47)6-5-28(35(51)52)44-33(49)25-1-3-26(4-2-25)41-23-27-24-42-32-31(43-27)34(50)46-36(38)45-32/h1-4,24,28,41H,5-23,37H2,(H,39,48)(H,40,47)(H,44,49)(H,51,52)(H3,38,42,45,46,50)/t28-/m0/s1. The Labute approximate surface area is 334 Å². The third-order valence-electron chi connectivity index (χ3n) is 7.74. The Hall–Kier alpha value is -5.36. The number of rotatable bonds is 32. The van der Waals surface area contributed by atoms with Gasteiger partial charge in [0.05, 0.1) is 97.7 Å². The topological polar surface area (TPSA) is 316 Å². The molecule has 0 unspecified atom stereocenters. The number of aromatic amines is 1. The van der Waals surface area contributed by atoms with E-state index in [0.29, 0.717) is 97.1 Å². The summed E-state index contributed by atoms with van der Waals surface area (Å²) in [5, 5.41) is 20.5. The fourth-order valence-corrected chi connectivity index (χ4v) is 4.78. The number of hydrogen-bond acceptors (Lipinski definition) is 17. The number of anilines is 2. The third-order valence-corrected chi connectivity index (χ3v) is 7.74. The molecule has 0 saturated heterocycles. The van der Waals surface area contributed by atoms with E-state index in [2.05, 4.69) is 41.2 Å². The highest BCUT2D eigenvalue weighted by molar-refractivity contribution is 5.97. The molecule has 58 heavy (non-hydrogen) atoms. The largest absolute Gasteiger partial charge is 0.480 e. The van der Waals surface area contributed by atoms with E-state index in [4.69, 9.17) is 39.9 Å². The molecule has 0 saturated carbocycles. The molecule has 2 aromatic heterocycles. The molecule has 1 atom stereocenters. The molecule has 0 bridgehead atoms. The Morgan fingerprint density at radius 3 is 1.88 bits per heavy atom. The Balaban J connectivity index is 1.13. The van der Waals surface area contributed by atoms with Crippen LogP contribution in [0.4, 0.5) is 11.6 Å². The molecule has 0 spiro atoms. The van der Waals surface area contributed by atoms with Gasteiger partial charge in [0.15, 0.2) is 11.2 Å². The Morgan fingerprint density at radius 1 is 0.741 bits per heavy atom. The lowest BCUT2D eigenvalue weighted by atomic mass is 10.1. The Bertz CT molecular complexity index is 1750. The lowest BCUT2D eigenvalue weighted by molar-refractivity contribution is -0.139. The number of aromatic nitrogens is 4. The molecule has 0 aliphatic heterocycles. The van der Waals surface area contributed by atoms with Crippen LogP contribution in [0.2, 0.25) is 0 Å². The molecule has 0 aliphatic rings. The molecular formula is C36H54N10O12. The van der Waals surface area contributed by atoms with E-state index in [-0.39, 0.29) is 73.4 Å². The van der Waals surface area contributed by atoms with E-state index < -0.39 is 23.5 Å². The Morgan fingerprint density at radius 2 is 1.29 bits per heavy atom. The van der Waals surface area contributed by atoms with Crippen molar-refractivity contribution in [1.29, 1.82) is 0 Å². The first-order chi connectivity index (χ1) is 28.2. The number of carboxylic acids is 1. The van der Waals surface area contributed by atoms with Gasteiger partial charge in [-0.1, -0.05) is 0 Å². The number of hydrogen-bond donors (Lipinski definition) is 8. The van der Waals surface area contributed by atoms with Crippen LogP contribution >= 0.6 is 0 Å². The van der Waals surface area contributed by atoms with Gasteiger partial charge in [0.2, 0.25) is 17.8 Å². The first-order valence-corrected chi connectivity index (χ1v) is 18.7. The molecule has 1 aromatic carbocycles. The molecule has 0 aliphatic carbocycles. The number of benzene rings is 1. The van der Waals surface area contributed by atoms with Crippen LogP contribution in [-0.4, -0.2) is 154 Å². The van der Waals surface area contributed by atoms with Gasteiger partial charge < -0.3 is 66.3 Å². The predicted molar refractivity (Wildman–Crippen MR) is 209 cm³/mol. The molecule has 320 valence electrons. The molecular weight excluding hydrogens is 764 g/mol. The van der Waals surface area contributed by atoms with Gasteiger partial charge in [-0.2, -0.15) is 4.98 Å². The summed E-state index contributed by atoms with van der Waals surface area (Å²) in [6, 6.07) is 5.01. The number of carbonyl (C=O) groups excluding carboxylic acids is 3. The second-order valence-corrected chi connectivity index (χ2v) is 12.2. The number of nitrogens with two attached hydrogens (primary N) is 2. The van der Waals surface area contributed by atoms with Crippen molar-refractivity contribution in [3.05, 3.63) is 52.1 Å². The highest BCUT2D eigenvalue weighted by atomic mass is 16.6. The molecule has 2 heterocycles. The van der Waals surface area contributed by atoms with Gasteiger partial charge in [0.25, 0.3) is 11.5 Å². The first kappa shape index (κ1) is 47.0. The molecule has 3 amide bonds.